The molecule has 2 aromatic rings. The minimum atomic E-state index is -1.05. The van der Waals surface area contributed by atoms with Crippen molar-refractivity contribution in [3.63, 3.8) is 0 Å². The van der Waals surface area contributed by atoms with Gasteiger partial charge in [0.05, 0.1) is 0 Å². The van der Waals surface area contributed by atoms with Crippen LogP contribution in [0.2, 0.25) is 0 Å². The quantitative estimate of drug-likeness (QED) is 0.924. The number of benzene rings is 1. The molecule has 0 spiro atoms. The van der Waals surface area contributed by atoms with E-state index in [0.29, 0.717) is 5.92 Å². The Morgan fingerprint density at radius 1 is 1.29 bits per heavy atom. The van der Waals surface area contributed by atoms with Crippen molar-refractivity contribution in [3.8, 4) is 0 Å². The molecule has 0 bridgehead atoms. The predicted molar refractivity (Wildman–Crippen MR) is 82.7 cm³/mol. The van der Waals surface area contributed by atoms with E-state index in [1.54, 1.807) is 6.07 Å². The number of hydrogen-bond acceptors (Lipinski definition) is 4. The molecule has 0 amide bonds. The summed E-state index contributed by atoms with van der Waals surface area (Å²) in [6, 6.07) is 11.6. The standard InChI is InChI=1S/C15H14BrN3O2/c16-12-3-1-2-10(8-12)11-6-7-19(9-11)14-5-4-13(15(20)21)17-18-14/h1-5,8,11H,6-7,9H2,(H,20,21). The Balaban J connectivity index is 1.73. The summed E-state index contributed by atoms with van der Waals surface area (Å²) in [6.07, 6.45) is 1.05. The first-order chi connectivity index (χ1) is 10.1. The highest BCUT2D eigenvalue weighted by Gasteiger charge is 2.25. The van der Waals surface area contributed by atoms with E-state index in [2.05, 4.69) is 43.2 Å². The number of aromatic carboxylic acids is 1. The Kier molecular flexibility index (Phi) is 3.88. The molecule has 6 heteroatoms. The van der Waals surface area contributed by atoms with Crippen molar-refractivity contribution in [2.45, 2.75) is 12.3 Å². The molecule has 0 aliphatic carbocycles. The first-order valence-corrected chi connectivity index (χ1v) is 7.50. The molecular weight excluding hydrogens is 334 g/mol. The molecule has 1 aromatic carbocycles. The zero-order valence-electron chi connectivity index (χ0n) is 11.2. The van der Waals surface area contributed by atoms with Gasteiger partial charge in [0.15, 0.2) is 11.5 Å². The van der Waals surface area contributed by atoms with Crippen molar-refractivity contribution in [3.05, 3.63) is 52.1 Å². The van der Waals surface area contributed by atoms with Crippen LogP contribution in [0.25, 0.3) is 0 Å². The smallest absolute Gasteiger partial charge is 0.356 e. The summed E-state index contributed by atoms with van der Waals surface area (Å²) in [5.74, 6) is 0.142. The fourth-order valence-corrected chi connectivity index (χ4v) is 3.03. The summed E-state index contributed by atoms with van der Waals surface area (Å²) in [6.45, 7) is 1.77. The molecule has 1 aromatic heterocycles. The van der Waals surface area contributed by atoms with Crippen LogP contribution in [0, 0.1) is 0 Å². The van der Waals surface area contributed by atoms with Gasteiger partial charge in [-0.05, 0) is 36.2 Å². The molecule has 2 heterocycles. The van der Waals surface area contributed by atoms with Crippen LogP contribution in [0.4, 0.5) is 5.82 Å². The maximum Gasteiger partial charge on any atom is 0.356 e. The van der Waals surface area contributed by atoms with Crippen molar-refractivity contribution in [2.24, 2.45) is 0 Å². The Hall–Kier alpha value is -1.95. The summed E-state index contributed by atoms with van der Waals surface area (Å²) in [5, 5.41) is 16.6. The molecule has 0 saturated carbocycles. The van der Waals surface area contributed by atoms with Crippen LogP contribution in [-0.2, 0) is 0 Å². The molecule has 1 fully saturated rings. The minimum Gasteiger partial charge on any atom is -0.476 e. The molecule has 3 rings (SSSR count). The van der Waals surface area contributed by atoms with Gasteiger partial charge in [-0.3, -0.25) is 0 Å². The van der Waals surface area contributed by atoms with Crippen molar-refractivity contribution >= 4 is 27.7 Å². The average molecular weight is 348 g/mol. The molecule has 1 atom stereocenters. The van der Waals surface area contributed by atoms with Gasteiger partial charge >= 0.3 is 5.97 Å². The number of rotatable bonds is 3. The zero-order chi connectivity index (χ0) is 14.8. The van der Waals surface area contributed by atoms with Crippen LogP contribution in [-0.4, -0.2) is 34.4 Å². The third kappa shape index (κ3) is 3.05. The molecule has 5 nitrogen and oxygen atoms in total. The highest BCUT2D eigenvalue weighted by atomic mass is 79.9. The molecule has 1 unspecified atom stereocenters. The normalized spacial score (nSPS) is 18.0. The van der Waals surface area contributed by atoms with E-state index in [9.17, 15) is 4.79 Å². The zero-order valence-corrected chi connectivity index (χ0v) is 12.8. The van der Waals surface area contributed by atoms with Crippen LogP contribution >= 0.6 is 15.9 Å². The number of nitrogens with zero attached hydrogens (tertiary/aromatic N) is 3. The number of carbonyl (C=O) groups is 1. The maximum absolute atomic E-state index is 10.8. The van der Waals surface area contributed by atoms with Gasteiger partial charge in [-0.2, -0.15) is 0 Å². The van der Waals surface area contributed by atoms with Gasteiger partial charge < -0.3 is 10.0 Å². The molecule has 1 saturated heterocycles. The van der Waals surface area contributed by atoms with Gasteiger partial charge in [0, 0.05) is 23.5 Å². The van der Waals surface area contributed by atoms with E-state index in [-0.39, 0.29) is 5.69 Å². The van der Waals surface area contributed by atoms with Gasteiger partial charge in [-0.25, -0.2) is 4.79 Å². The summed E-state index contributed by atoms with van der Waals surface area (Å²) in [5.41, 5.74) is 1.28. The van der Waals surface area contributed by atoms with Crippen molar-refractivity contribution in [1.29, 1.82) is 0 Å². The fraction of sp³-hybridized carbons (Fsp3) is 0.267. The first-order valence-electron chi connectivity index (χ1n) is 6.71. The SMILES string of the molecule is O=C(O)c1ccc(N2CCC(c3cccc(Br)c3)C2)nn1. The van der Waals surface area contributed by atoms with E-state index in [1.165, 1.54) is 11.6 Å². The van der Waals surface area contributed by atoms with Crippen LogP contribution in [0.5, 0.6) is 0 Å². The second-order valence-electron chi connectivity index (χ2n) is 5.07. The molecule has 0 radical (unpaired) electrons. The molecule has 1 aliphatic heterocycles. The van der Waals surface area contributed by atoms with E-state index in [0.717, 1.165) is 29.8 Å². The number of anilines is 1. The van der Waals surface area contributed by atoms with Gasteiger partial charge in [0.25, 0.3) is 0 Å². The van der Waals surface area contributed by atoms with Crippen LogP contribution in [0.1, 0.15) is 28.4 Å². The highest BCUT2D eigenvalue weighted by Crippen LogP contribution is 2.30. The lowest BCUT2D eigenvalue weighted by Gasteiger charge is -2.17. The number of hydrogen-bond donors (Lipinski definition) is 1. The summed E-state index contributed by atoms with van der Waals surface area (Å²) >= 11 is 3.50. The topological polar surface area (TPSA) is 66.3 Å². The van der Waals surface area contributed by atoms with E-state index >= 15 is 0 Å². The van der Waals surface area contributed by atoms with E-state index in [1.807, 2.05) is 12.1 Å². The lowest BCUT2D eigenvalue weighted by molar-refractivity contribution is 0.0689. The van der Waals surface area contributed by atoms with Gasteiger partial charge in [-0.1, -0.05) is 28.1 Å². The lowest BCUT2D eigenvalue weighted by atomic mass is 9.99. The molecular formula is C15H14BrN3O2. The lowest BCUT2D eigenvalue weighted by Crippen LogP contribution is -2.21. The molecule has 21 heavy (non-hydrogen) atoms. The molecule has 1 aliphatic rings. The highest BCUT2D eigenvalue weighted by molar-refractivity contribution is 9.10. The average Bonchev–Trinajstić information content (AvgIpc) is 2.97. The Morgan fingerprint density at radius 3 is 2.81 bits per heavy atom. The summed E-state index contributed by atoms with van der Waals surface area (Å²) in [4.78, 5) is 12.9. The number of carboxylic acids is 1. The second-order valence-corrected chi connectivity index (χ2v) is 5.98. The number of halogens is 1. The summed E-state index contributed by atoms with van der Waals surface area (Å²) in [7, 11) is 0. The van der Waals surface area contributed by atoms with Crippen LogP contribution in [0.3, 0.4) is 0 Å². The largest absolute Gasteiger partial charge is 0.476 e. The number of carboxylic acid groups (broad SMARTS) is 1. The van der Waals surface area contributed by atoms with Crippen molar-refractivity contribution in [1.82, 2.24) is 10.2 Å². The van der Waals surface area contributed by atoms with Gasteiger partial charge in [0.1, 0.15) is 0 Å². The van der Waals surface area contributed by atoms with Crippen molar-refractivity contribution < 1.29 is 9.90 Å². The van der Waals surface area contributed by atoms with E-state index < -0.39 is 5.97 Å². The third-order valence-corrected chi connectivity index (χ3v) is 4.20. The van der Waals surface area contributed by atoms with Crippen LogP contribution < -0.4 is 4.90 Å². The molecule has 1 N–H and O–H groups in total. The van der Waals surface area contributed by atoms with Gasteiger partial charge in [-0.15, -0.1) is 10.2 Å². The Bertz CT molecular complexity index is 660. The molecule has 108 valence electrons. The Morgan fingerprint density at radius 2 is 2.14 bits per heavy atom. The monoisotopic (exact) mass is 347 g/mol. The number of aromatic nitrogens is 2. The Labute approximate surface area is 130 Å². The second kappa shape index (κ2) is 5.81. The predicted octanol–water partition coefficient (Wildman–Crippen LogP) is 2.93. The van der Waals surface area contributed by atoms with E-state index in [4.69, 9.17) is 5.11 Å². The summed E-state index contributed by atoms with van der Waals surface area (Å²) < 4.78 is 1.09. The first kappa shape index (κ1) is 14.0. The minimum absolute atomic E-state index is 0.0264. The van der Waals surface area contributed by atoms with Crippen LogP contribution in [0.15, 0.2) is 40.9 Å². The maximum atomic E-state index is 10.8. The fourth-order valence-electron chi connectivity index (χ4n) is 2.61. The van der Waals surface area contributed by atoms with Crippen molar-refractivity contribution in [2.75, 3.05) is 18.0 Å². The van der Waals surface area contributed by atoms with Gasteiger partial charge in [0.2, 0.25) is 0 Å². The third-order valence-electron chi connectivity index (χ3n) is 3.70.